The van der Waals surface area contributed by atoms with E-state index in [1.54, 1.807) is 18.2 Å². The van der Waals surface area contributed by atoms with Crippen LogP contribution >= 0.6 is 11.6 Å². The number of benzene rings is 2. The first-order chi connectivity index (χ1) is 12.1. The van der Waals surface area contributed by atoms with Gasteiger partial charge in [0.05, 0.1) is 12.5 Å². The number of hydrogen-bond donors (Lipinski definition) is 1. The lowest BCUT2D eigenvalue weighted by Gasteiger charge is -2.19. The minimum atomic E-state index is -0.309. The van der Waals surface area contributed by atoms with Crippen LogP contribution in [0.4, 0.5) is 4.39 Å². The van der Waals surface area contributed by atoms with E-state index in [4.69, 9.17) is 11.6 Å². The molecule has 1 heterocycles. The van der Waals surface area contributed by atoms with Gasteiger partial charge in [0.25, 0.3) is 0 Å². The molecule has 0 radical (unpaired) electrons. The summed E-state index contributed by atoms with van der Waals surface area (Å²) in [5.74, 6) is -0.408. The van der Waals surface area contributed by atoms with Crippen molar-refractivity contribution >= 4 is 17.5 Å². The summed E-state index contributed by atoms with van der Waals surface area (Å²) in [6, 6.07) is 17.2. The second kappa shape index (κ2) is 7.99. The van der Waals surface area contributed by atoms with Gasteiger partial charge in [-0.05, 0) is 47.5 Å². The van der Waals surface area contributed by atoms with Crippen LogP contribution in [0.25, 0.3) is 0 Å². The van der Waals surface area contributed by atoms with Crippen molar-refractivity contribution in [2.45, 2.75) is 19.0 Å². The molecule has 5 heteroatoms. The highest BCUT2D eigenvalue weighted by Crippen LogP contribution is 2.23. The predicted molar refractivity (Wildman–Crippen MR) is 96.9 cm³/mol. The zero-order valence-corrected chi connectivity index (χ0v) is 14.3. The summed E-state index contributed by atoms with van der Waals surface area (Å²) in [5.41, 5.74) is 1.74. The summed E-state index contributed by atoms with van der Waals surface area (Å²) in [4.78, 5) is 12.4. The molecule has 0 unspecified atom stereocenters. The molecule has 128 valence electrons. The van der Waals surface area contributed by atoms with Gasteiger partial charge in [0.2, 0.25) is 5.91 Å². The molecule has 1 amide bonds. The van der Waals surface area contributed by atoms with Crippen molar-refractivity contribution in [1.29, 1.82) is 0 Å². The van der Waals surface area contributed by atoms with E-state index in [-0.39, 0.29) is 24.2 Å². The highest BCUT2D eigenvalue weighted by molar-refractivity contribution is 6.30. The van der Waals surface area contributed by atoms with Crippen LogP contribution in [0.5, 0.6) is 0 Å². The Balaban J connectivity index is 1.69. The number of carbonyl (C=O) groups is 1. The lowest BCUT2D eigenvalue weighted by molar-refractivity contribution is -0.121. The van der Waals surface area contributed by atoms with Crippen LogP contribution in [-0.4, -0.2) is 10.5 Å². The van der Waals surface area contributed by atoms with E-state index in [9.17, 15) is 9.18 Å². The Bertz CT molecular complexity index is 831. The van der Waals surface area contributed by atoms with Crippen molar-refractivity contribution in [3.05, 3.63) is 95.0 Å². The highest BCUT2D eigenvalue weighted by Gasteiger charge is 2.17. The van der Waals surface area contributed by atoms with Crippen LogP contribution < -0.4 is 5.32 Å². The van der Waals surface area contributed by atoms with E-state index < -0.39 is 0 Å². The van der Waals surface area contributed by atoms with E-state index in [2.05, 4.69) is 5.32 Å². The number of aromatic nitrogens is 1. The molecule has 0 aliphatic heterocycles. The Kier molecular flexibility index (Phi) is 5.51. The zero-order chi connectivity index (χ0) is 17.6. The molecule has 1 aromatic heterocycles. The summed E-state index contributed by atoms with van der Waals surface area (Å²) in [6.45, 7) is 0.428. The molecular weight excluding hydrogens is 339 g/mol. The average Bonchev–Trinajstić information content (AvgIpc) is 3.13. The van der Waals surface area contributed by atoms with Gasteiger partial charge >= 0.3 is 0 Å². The molecule has 0 aliphatic carbocycles. The normalized spacial score (nSPS) is 11.9. The van der Waals surface area contributed by atoms with Gasteiger partial charge in [-0.2, -0.15) is 0 Å². The minimum Gasteiger partial charge on any atom is -0.352 e. The van der Waals surface area contributed by atoms with E-state index in [1.807, 2.05) is 47.3 Å². The first-order valence-electron chi connectivity index (χ1n) is 8.01. The number of rotatable bonds is 6. The SMILES string of the molecule is O=C(C[C@H](c1cccc(F)c1)n1cccc1)NCc1ccc(Cl)cc1. The molecule has 2 aromatic carbocycles. The van der Waals surface area contributed by atoms with Crippen LogP contribution in [0.3, 0.4) is 0 Å². The monoisotopic (exact) mass is 356 g/mol. The second-order valence-corrected chi connectivity index (χ2v) is 6.24. The van der Waals surface area contributed by atoms with Crippen LogP contribution in [-0.2, 0) is 11.3 Å². The van der Waals surface area contributed by atoms with Crippen LogP contribution in [0.15, 0.2) is 73.1 Å². The van der Waals surface area contributed by atoms with Gasteiger partial charge in [-0.3, -0.25) is 4.79 Å². The Morgan fingerprint density at radius 2 is 1.80 bits per heavy atom. The van der Waals surface area contributed by atoms with Gasteiger partial charge in [0.1, 0.15) is 5.82 Å². The second-order valence-electron chi connectivity index (χ2n) is 5.81. The molecule has 0 saturated heterocycles. The van der Waals surface area contributed by atoms with Crippen molar-refractivity contribution in [1.82, 2.24) is 9.88 Å². The maximum Gasteiger partial charge on any atom is 0.222 e. The van der Waals surface area contributed by atoms with Crippen LogP contribution in [0.1, 0.15) is 23.6 Å². The van der Waals surface area contributed by atoms with E-state index >= 15 is 0 Å². The Morgan fingerprint density at radius 3 is 2.48 bits per heavy atom. The summed E-state index contributed by atoms with van der Waals surface area (Å²) >= 11 is 5.86. The molecule has 0 fully saturated rings. The molecule has 25 heavy (non-hydrogen) atoms. The molecule has 3 rings (SSSR count). The van der Waals surface area contributed by atoms with Gasteiger partial charge < -0.3 is 9.88 Å². The summed E-state index contributed by atoms with van der Waals surface area (Å²) in [6.07, 6.45) is 3.98. The highest BCUT2D eigenvalue weighted by atomic mass is 35.5. The maximum absolute atomic E-state index is 13.6. The number of amides is 1. The number of nitrogens with zero attached hydrogens (tertiary/aromatic N) is 1. The van der Waals surface area contributed by atoms with Crippen molar-refractivity contribution < 1.29 is 9.18 Å². The average molecular weight is 357 g/mol. The van der Waals surface area contributed by atoms with Crippen molar-refractivity contribution in [2.75, 3.05) is 0 Å². The third-order valence-electron chi connectivity index (χ3n) is 4.00. The van der Waals surface area contributed by atoms with Gasteiger partial charge in [-0.25, -0.2) is 4.39 Å². The summed E-state index contributed by atoms with van der Waals surface area (Å²) in [7, 11) is 0. The fourth-order valence-corrected chi connectivity index (χ4v) is 2.84. The first-order valence-corrected chi connectivity index (χ1v) is 8.38. The first kappa shape index (κ1) is 17.2. The lowest BCUT2D eigenvalue weighted by atomic mass is 10.0. The molecule has 3 nitrogen and oxygen atoms in total. The van der Waals surface area contributed by atoms with Crippen molar-refractivity contribution in [3.8, 4) is 0 Å². The quantitative estimate of drug-likeness (QED) is 0.689. The third-order valence-corrected chi connectivity index (χ3v) is 4.25. The smallest absolute Gasteiger partial charge is 0.222 e. The Hall–Kier alpha value is -2.59. The molecule has 3 aromatic rings. The largest absolute Gasteiger partial charge is 0.352 e. The van der Waals surface area contributed by atoms with Gasteiger partial charge in [0.15, 0.2) is 0 Å². The van der Waals surface area contributed by atoms with Gasteiger partial charge in [-0.15, -0.1) is 0 Å². The van der Waals surface area contributed by atoms with Crippen molar-refractivity contribution in [3.63, 3.8) is 0 Å². The van der Waals surface area contributed by atoms with Crippen LogP contribution in [0, 0.1) is 5.82 Å². The maximum atomic E-state index is 13.6. The fourth-order valence-electron chi connectivity index (χ4n) is 2.72. The molecule has 1 N–H and O–H groups in total. The molecule has 0 aliphatic rings. The number of nitrogens with one attached hydrogen (secondary N) is 1. The predicted octanol–water partition coefficient (Wildman–Crippen LogP) is 4.58. The van der Waals surface area contributed by atoms with Crippen LogP contribution in [0.2, 0.25) is 5.02 Å². The van der Waals surface area contributed by atoms with Crippen molar-refractivity contribution in [2.24, 2.45) is 0 Å². The van der Waals surface area contributed by atoms with E-state index in [1.165, 1.54) is 12.1 Å². The molecule has 0 bridgehead atoms. The summed E-state index contributed by atoms with van der Waals surface area (Å²) < 4.78 is 15.5. The molecule has 1 atom stereocenters. The Labute approximate surface area is 151 Å². The molecule has 0 spiro atoms. The van der Waals surface area contributed by atoms with Gasteiger partial charge in [0, 0.05) is 24.0 Å². The number of halogens is 2. The molecular formula is C20H18ClFN2O. The summed E-state index contributed by atoms with van der Waals surface area (Å²) in [5, 5.41) is 3.57. The lowest BCUT2D eigenvalue weighted by Crippen LogP contribution is -2.26. The third kappa shape index (κ3) is 4.70. The minimum absolute atomic E-state index is 0.0992. The molecule has 0 saturated carbocycles. The standard InChI is InChI=1S/C20H18ClFN2O/c21-17-8-6-15(7-9-17)14-23-20(25)13-19(24-10-1-2-11-24)16-4-3-5-18(22)12-16/h1-12,19H,13-14H2,(H,23,25)/t19-/m1/s1. The van der Waals surface area contributed by atoms with E-state index in [0.29, 0.717) is 11.6 Å². The van der Waals surface area contributed by atoms with Gasteiger partial charge in [-0.1, -0.05) is 35.9 Å². The zero-order valence-electron chi connectivity index (χ0n) is 13.5. The number of hydrogen-bond acceptors (Lipinski definition) is 1. The van der Waals surface area contributed by atoms with E-state index in [0.717, 1.165) is 11.1 Å². The fraction of sp³-hybridized carbons (Fsp3) is 0.150. The number of carbonyl (C=O) groups excluding carboxylic acids is 1. The Morgan fingerprint density at radius 1 is 1.08 bits per heavy atom. The topological polar surface area (TPSA) is 34.0 Å².